The van der Waals surface area contributed by atoms with Gasteiger partial charge in [-0.15, -0.1) is 0 Å². The van der Waals surface area contributed by atoms with Crippen molar-refractivity contribution in [2.24, 2.45) is 0 Å². The molecule has 0 atom stereocenters. The highest BCUT2D eigenvalue weighted by atomic mass is 14.9. The number of fused-ring (bicyclic) bond motifs is 3. The number of rotatable bonds is 3. The molecule has 172 valence electrons. The standard InChI is InChI=1S/C36H23N/c1-2-9-29-27(6-1)22-33(31-11-4-3-10-30(29)31)23-14-18-28(19-15-23)37-34-21-17-26-13-12-24-7-5-8-25-16-20-32(34)36(26)35(24)25/h1-22,37H. The lowest BCUT2D eigenvalue weighted by Gasteiger charge is -2.16. The van der Waals surface area contributed by atoms with Crippen LogP contribution in [0.2, 0.25) is 0 Å². The summed E-state index contributed by atoms with van der Waals surface area (Å²) in [6.07, 6.45) is 0. The molecule has 0 spiro atoms. The Hall–Kier alpha value is -4.88. The normalized spacial score (nSPS) is 11.8. The van der Waals surface area contributed by atoms with E-state index in [1.54, 1.807) is 0 Å². The lowest BCUT2D eigenvalue weighted by molar-refractivity contribution is 1.58. The second kappa shape index (κ2) is 7.81. The largest absolute Gasteiger partial charge is 0.355 e. The lowest BCUT2D eigenvalue weighted by Crippen LogP contribution is -1.93. The van der Waals surface area contributed by atoms with Crippen molar-refractivity contribution in [3.8, 4) is 11.1 Å². The summed E-state index contributed by atoms with van der Waals surface area (Å²) in [5.74, 6) is 0. The van der Waals surface area contributed by atoms with Gasteiger partial charge in [0.05, 0.1) is 0 Å². The van der Waals surface area contributed by atoms with Crippen molar-refractivity contribution < 1.29 is 0 Å². The summed E-state index contributed by atoms with van der Waals surface area (Å²) in [5.41, 5.74) is 4.71. The molecule has 0 radical (unpaired) electrons. The molecule has 1 N–H and O–H groups in total. The summed E-state index contributed by atoms with van der Waals surface area (Å²) in [5, 5.41) is 16.7. The van der Waals surface area contributed by atoms with Gasteiger partial charge < -0.3 is 5.32 Å². The van der Waals surface area contributed by atoms with E-state index in [9.17, 15) is 0 Å². The number of hydrogen-bond donors (Lipinski definition) is 1. The smallest absolute Gasteiger partial charge is 0.0464 e. The van der Waals surface area contributed by atoms with Crippen LogP contribution in [0, 0.1) is 0 Å². The molecule has 0 amide bonds. The maximum absolute atomic E-state index is 3.70. The van der Waals surface area contributed by atoms with E-state index in [4.69, 9.17) is 0 Å². The Morgan fingerprint density at radius 1 is 0.378 bits per heavy atom. The number of anilines is 2. The second-order valence-corrected chi connectivity index (χ2v) is 9.86. The molecule has 0 aromatic heterocycles. The van der Waals surface area contributed by atoms with E-state index in [1.165, 1.54) is 65.0 Å². The van der Waals surface area contributed by atoms with Gasteiger partial charge in [-0.2, -0.15) is 0 Å². The first kappa shape index (κ1) is 20.3. The molecule has 0 saturated heterocycles. The Morgan fingerprint density at radius 3 is 1.81 bits per heavy atom. The second-order valence-electron chi connectivity index (χ2n) is 9.86. The van der Waals surface area contributed by atoms with Crippen molar-refractivity contribution >= 4 is 65.2 Å². The van der Waals surface area contributed by atoms with Crippen LogP contribution < -0.4 is 5.32 Å². The van der Waals surface area contributed by atoms with E-state index in [2.05, 4.69) is 139 Å². The van der Waals surface area contributed by atoms with E-state index in [-0.39, 0.29) is 0 Å². The highest BCUT2D eigenvalue weighted by Gasteiger charge is 2.12. The third-order valence-electron chi connectivity index (χ3n) is 7.77. The van der Waals surface area contributed by atoms with Crippen LogP contribution in [0.25, 0.3) is 65.0 Å². The molecule has 37 heavy (non-hydrogen) atoms. The monoisotopic (exact) mass is 469 g/mol. The molecule has 0 aliphatic carbocycles. The summed E-state index contributed by atoms with van der Waals surface area (Å²) in [6, 6.07) is 48.5. The lowest BCUT2D eigenvalue weighted by atomic mass is 9.93. The van der Waals surface area contributed by atoms with Crippen LogP contribution in [0.4, 0.5) is 11.4 Å². The summed E-state index contributed by atoms with van der Waals surface area (Å²) >= 11 is 0. The molecular weight excluding hydrogens is 446 g/mol. The molecule has 0 saturated carbocycles. The minimum atomic E-state index is 1.09. The van der Waals surface area contributed by atoms with Gasteiger partial charge in [-0.25, -0.2) is 0 Å². The van der Waals surface area contributed by atoms with Crippen LogP contribution in [0.15, 0.2) is 133 Å². The van der Waals surface area contributed by atoms with E-state index < -0.39 is 0 Å². The molecule has 8 aromatic carbocycles. The Morgan fingerprint density at radius 2 is 1.00 bits per heavy atom. The minimum Gasteiger partial charge on any atom is -0.355 e. The SMILES string of the molecule is c1ccc2c(c1)cc(-c1ccc(Nc3ccc4ccc5cccc6ccc3c4c56)cc1)c1ccccc12. The summed E-state index contributed by atoms with van der Waals surface area (Å²) in [6.45, 7) is 0. The van der Waals surface area contributed by atoms with Gasteiger partial charge in [0.25, 0.3) is 0 Å². The van der Waals surface area contributed by atoms with E-state index in [0.29, 0.717) is 0 Å². The van der Waals surface area contributed by atoms with Crippen molar-refractivity contribution in [1.29, 1.82) is 0 Å². The van der Waals surface area contributed by atoms with Crippen LogP contribution in [-0.2, 0) is 0 Å². The minimum absolute atomic E-state index is 1.09. The Labute approximate surface area is 214 Å². The van der Waals surface area contributed by atoms with Crippen molar-refractivity contribution in [2.45, 2.75) is 0 Å². The molecule has 0 aliphatic heterocycles. The summed E-state index contributed by atoms with van der Waals surface area (Å²) in [4.78, 5) is 0. The summed E-state index contributed by atoms with van der Waals surface area (Å²) in [7, 11) is 0. The predicted molar refractivity (Wildman–Crippen MR) is 160 cm³/mol. The number of benzene rings is 8. The van der Waals surface area contributed by atoms with E-state index in [1.807, 2.05) is 0 Å². The van der Waals surface area contributed by atoms with Crippen molar-refractivity contribution in [3.05, 3.63) is 133 Å². The van der Waals surface area contributed by atoms with Gasteiger partial charge in [-0.1, -0.05) is 109 Å². The van der Waals surface area contributed by atoms with Crippen LogP contribution in [-0.4, -0.2) is 0 Å². The van der Waals surface area contributed by atoms with Gasteiger partial charge in [-0.05, 0) is 83.9 Å². The van der Waals surface area contributed by atoms with Gasteiger partial charge in [-0.3, -0.25) is 0 Å². The quantitative estimate of drug-likeness (QED) is 0.254. The van der Waals surface area contributed by atoms with Gasteiger partial charge >= 0.3 is 0 Å². The van der Waals surface area contributed by atoms with Gasteiger partial charge in [0.15, 0.2) is 0 Å². The molecule has 0 unspecified atom stereocenters. The molecule has 0 aliphatic rings. The average Bonchev–Trinajstić information content (AvgIpc) is 2.97. The van der Waals surface area contributed by atoms with Crippen LogP contribution in [0.1, 0.15) is 0 Å². The zero-order valence-electron chi connectivity index (χ0n) is 20.2. The fourth-order valence-corrected chi connectivity index (χ4v) is 6.03. The molecule has 1 heteroatoms. The topological polar surface area (TPSA) is 12.0 Å². The first-order chi connectivity index (χ1) is 18.3. The van der Waals surface area contributed by atoms with Gasteiger partial charge in [0.1, 0.15) is 0 Å². The molecule has 8 rings (SSSR count). The van der Waals surface area contributed by atoms with Crippen LogP contribution in [0.5, 0.6) is 0 Å². The van der Waals surface area contributed by atoms with Gasteiger partial charge in [0, 0.05) is 16.8 Å². The number of hydrogen-bond acceptors (Lipinski definition) is 1. The first-order valence-corrected chi connectivity index (χ1v) is 12.8. The van der Waals surface area contributed by atoms with E-state index >= 15 is 0 Å². The van der Waals surface area contributed by atoms with Crippen LogP contribution in [0.3, 0.4) is 0 Å². The maximum atomic E-state index is 3.70. The summed E-state index contributed by atoms with van der Waals surface area (Å²) < 4.78 is 0. The fourth-order valence-electron chi connectivity index (χ4n) is 6.03. The van der Waals surface area contributed by atoms with E-state index in [0.717, 1.165) is 11.4 Å². The Kier molecular flexibility index (Phi) is 4.29. The van der Waals surface area contributed by atoms with Crippen LogP contribution >= 0.6 is 0 Å². The molecule has 1 nitrogen and oxygen atoms in total. The molecular formula is C36H23N. The highest BCUT2D eigenvalue weighted by molar-refractivity contribution is 6.25. The van der Waals surface area contributed by atoms with Crippen molar-refractivity contribution in [2.75, 3.05) is 5.32 Å². The molecule has 0 bridgehead atoms. The average molecular weight is 470 g/mol. The third kappa shape index (κ3) is 3.11. The zero-order chi connectivity index (χ0) is 24.3. The molecule has 0 fully saturated rings. The Balaban J connectivity index is 1.22. The van der Waals surface area contributed by atoms with Crippen molar-refractivity contribution in [1.82, 2.24) is 0 Å². The predicted octanol–water partition coefficient (Wildman–Crippen LogP) is 10.3. The molecule has 8 aromatic rings. The third-order valence-corrected chi connectivity index (χ3v) is 7.77. The van der Waals surface area contributed by atoms with Crippen molar-refractivity contribution in [3.63, 3.8) is 0 Å². The molecule has 0 heterocycles. The first-order valence-electron chi connectivity index (χ1n) is 12.8. The maximum Gasteiger partial charge on any atom is 0.0464 e. The highest BCUT2D eigenvalue weighted by Crippen LogP contribution is 2.39. The Bertz CT molecular complexity index is 2090. The zero-order valence-corrected chi connectivity index (χ0v) is 20.2. The fraction of sp³-hybridized carbons (Fsp3) is 0. The number of nitrogens with one attached hydrogen (secondary N) is 1. The van der Waals surface area contributed by atoms with Gasteiger partial charge in [0.2, 0.25) is 0 Å².